The van der Waals surface area contributed by atoms with Gasteiger partial charge < -0.3 is 15.5 Å². The van der Waals surface area contributed by atoms with Crippen LogP contribution < -0.4 is 10.6 Å². The monoisotopic (exact) mass is 311 g/mol. The molecular weight excluding hydrogens is 290 g/mol. The fraction of sp³-hybridized carbons (Fsp3) is 0.467. The number of carbonyl (C=O) groups is 2. The van der Waals surface area contributed by atoms with Crippen LogP contribution in [0.5, 0.6) is 0 Å². The number of hydrogen-bond donors (Lipinski definition) is 2. The molecule has 0 aliphatic carbocycles. The maximum absolute atomic E-state index is 12.5. The third-order valence-electron chi connectivity index (χ3n) is 3.75. The molecule has 1 aromatic carbocycles. The molecule has 21 heavy (non-hydrogen) atoms. The van der Waals surface area contributed by atoms with Crippen molar-refractivity contribution < 1.29 is 9.59 Å². The number of nitrogens with one attached hydrogen (secondary N) is 2. The van der Waals surface area contributed by atoms with Crippen molar-refractivity contribution in [1.29, 1.82) is 0 Å². The second-order valence-corrected chi connectivity index (χ2v) is 5.24. The summed E-state index contributed by atoms with van der Waals surface area (Å²) in [5.41, 5.74) is 1.36. The van der Waals surface area contributed by atoms with Gasteiger partial charge in [0.1, 0.15) is 0 Å². The first kappa shape index (κ1) is 17.5. The van der Waals surface area contributed by atoms with Crippen LogP contribution in [-0.4, -0.2) is 41.9 Å². The summed E-state index contributed by atoms with van der Waals surface area (Å²) >= 11 is 0. The Hall–Kier alpha value is -1.59. The molecule has 1 aromatic rings. The van der Waals surface area contributed by atoms with E-state index in [0.29, 0.717) is 17.3 Å². The van der Waals surface area contributed by atoms with Crippen LogP contribution >= 0.6 is 12.4 Å². The van der Waals surface area contributed by atoms with Crippen molar-refractivity contribution in [2.24, 2.45) is 0 Å². The molecule has 1 saturated heterocycles. The Balaban J connectivity index is 0.00000220. The van der Waals surface area contributed by atoms with Gasteiger partial charge >= 0.3 is 0 Å². The normalized spacial score (nSPS) is 21.4. The molecule has 2 amide bonds. The lowest BCUT2D eigenvalue weighted by molar-refractivity contribution is -0.114. The maximum atomic E-state index is 12.5. The first-order valence-electron chi connectivity index (χ1n) is 6.91. The van der Waals surface area contributed by atoms with E-state index in [2.05, 4.69) is 24.5 Å². The van der Waals surface area contributed by atoms with E-state index in [-0.39, 0.29) is 30.3 Å². The molecule has 1 aliphatic heterocycles. The van der Waals surface area contributed by atoms with Crippen LogP contribution in [0.1, 0.15) is 31.1 Å². The zero-order chi connectivity index (χ0) is 14.7. The molecule has 1 fully saturated rings. The highest BCUT2D eigenvalue weighted by Crippen LogP contribution is 2.16. The number of carbonyl (C=O) groups excluding carboxylic acids is 2. The lowest BCUT2D eigenvalue weighted by atomic mass is 10.1. The lowest BCUT2D eigenvalue weighted by Gasteiger charge is -2.38. The summed E-state index contributed by atoms with van der Waals surface area (Å²) in [6.07, 6.45) is 0. The van der Waals surface area contributed by atoms with E-state index in [1.54, 1.807) is 24.3 Å². The minimum atomic E-state index is -0.117. The summed E-state index contributed by atoms with van der Waals surface area (Å²) in [5.74, 6) is -0.0751. The molecule has 2 unspecified atom stereocenters. The number of nitrogens with zero attached hydrogens (tertiary/aromatic N) is 1. The van der Waals surface area contributed by atoms with Gasteiger partial charge in [0.2, 0.25) is 5.91 Å². The van der Waals surface area contributed by atoms with Crippen molar-refractivity contribution in [2.45, 2.75) is 32.9 Å². The Morgan fingerprint density at radius 2 is 1.86 bits per heavy atom. The number of amides is 2. The highest BCUT2D eigenvalue weighted by atomic mass is 35.5. The van der Waals surface area contributed by atoms with Crippen molar-refractivity contribution in [3.8, 4) is 0 Å². The van der Waals surface area contributed by atoms with E-state index in [4.69, 9.17) is 0 Å². The molecule has 2 rings (SSSR count). The van der Waals surface area contributed by atoms with Crippen LogP contribution in [0, 0.1) is 0 Å². The van der Waals surface area contributed by atoms with Crippen molar-refractivity contribution in [3.63, 3.8) is 0 Å². The predicted octanol–water partition coefficient (Wildman–Crippen LogP) is 1.89. The minimum Gasteiger partial charge on any atom is -0.333 e. The average molecular weight is 312 g/mol. The number of hydrogen-bond acceptors (Lipinski definition) is 3. The zero-order valence-corrected chi connectivity index (χ0v) is 13.4. The van der Waals surface area contributed by atoms with E-state index in [9.17, 15) is 9.59 Å². The molecule has 0 saturated carbocycles. The molecule has 1 heterocycles. The van der Waals surface area contributed by atoms with E-state index < -0.39 is 0 Å². The third kappa shape index (κ3) is 4.19. The van der Waals surface area contributed by atoms with Gasteiger partial charge in [0, 0.05) is 43.3 Å². The summed E-state index contributed by atoms with van der Waals surface area (Å²) < 4.78 is 0. The quantitative estimate of drug-likeness (QED) is 0.877. The average Bonchev–Trinajstić information content (AvgIpc) is 2.41. The first-order chi connectivity index (χ1) is 9.49. The second kappa shape index (κ2) is 7.43. The molecule has 0 spiro atoms. The van der Waals surface area contributed by atoms with Gasteiger partial charge in [-0.05, 0) is 38.1 Å². The fourth-order valence-electron chi connectivity index (χ4n) is 2.41. The van der Waals surface area contributed by atoms with Crippen molar-refractivity contribution in [2.75, 3.05) is 18.4 Å². The van der Waals surface area contributed by atoms with Crippen LogP contribution in [0.4, 0.5) is 5.69 Å². The van der Waals surface area contributed by atoms with Gasteiger partial charge in [0.05, 0.1) is 0 Å². The summed E-state index contributed by atoms with van der Waals surface area (Å²) in [6.45, 7) is 7.15. The summed E-state index contributed by atoms with van der Waals surface area (Å²) in [4.78, 5) is 25.4. The van der Waals surface area contributed by atoms with Gasteiger partial charge in [-0.3, -0.25) is 9.59 Å². The van der Waals surface area contributed by atoms with Crippen LogP contribution in [0.2, 0.25) is 0 Å². The van der Waals surface area contributed by atoms with E-state index in [0.717, 1.165) is 13.1 Å². The summed E-state index contributed by atoms with van der Waals surface area (Å²) in [7, 11) is 0. The Labute approximate surface area is 131 Å². The highest BCUT2D eigenvalue weighted by molar-refractivity contribution is 5.95. The van der Waals surface area contributed by atoms with Crippen LogP contribution in [0.15, 0.2) is 24.3 Å². The van der Waals surface area contributed by atoms with Crippen LogP contribution in [0.25, 0.3) is 0 Å². The highest BCUT2D eigenvalue weighted by Gasteiger charge is 2.28. The molecule has 2 atom stereocenters. The predicted molar refractivity (Wildman–Crippen MR) is 86.0 cm³/mol. The Kier molecular flexibility index (Phi) is 6.18. The number of anilines is 1. The smallest absolute Gasteiger partial charge is 0.254 e. The van der Waals surface area contributed by atoms with Gasteiger partial charge in [0.25, 0.3) is 5.91 Å². The van der Waals surface area contributed by atoms with Gasteiger partial charge in [-0.1, -0.05) is 0 Å². The number of piperazine rings is 1. The standard InChI is InChI=1S/C15H21N3O2.ClH/c1-10-11(2)18(9-8-16-10)15(20)13-4-6-14(7-5-13)17-12(3)19;/h4-7,10-11,16H,8-9H2,1-3H3,(H,17,19);1H. The van der Waals surface area contributed by atoms with Crippen molar-refractivity contribution in [3.05, 3.63) is 29.8 Å². The minimum absolute atomic E-state index is 0. The molecule has 0 radical (unpaired) electrons. The van der Waals surface area contributed by atoms with Crippen molar-refractivity contribution >= 4 is 29.9 Å². The molecule has 5 nitrogen and oxygen atoms in total. The summed E-state index contributed by atoms with van der Waals surface area (Å²) in [6, 6.07) is 7.49. The van der Waals surface area contributed by atoms with Gasteiger partial charge in [0.15, 0.2) is 0 Å². The molecule has 2 N–H and O–H groups in total. The number of rotatable bonds is 2. The van der Waals surface area contributed by atoms with E-state index in [1.165, 1.54) is 6.92 Å². The number of benzene rings is 1. The summed E-state index contributed by atoms with van der Waals surface area (Å²) in [5, 5.41) is 6.05. The Bertz CT molecular complexity index is 504. The third-order valence-corrected chi connectivity index (χ3v) is 3.75. The van der Waals surface area contributed by atoms with Gasteiger partial charge in [-0.2, -0.15) is 0 Å². The zero-order valence-electron chi connectivity index (χ0n) is 12.6. The second-order valence-electron chi connectivity index (χ2n) is 5.24. The van der Waals surface area contributed by atoms with Crippen LogP contribution in [-0.2, 0) is 4.79 Å². The van der Waals surface area contributed by atoms with Crippen LogP contribution in [0.3, 0.4) is 0 Å². The molecule has 116 valence electrons. The molecule has 6 heteroatoms. The van der Waals surface area contributed by atoms with Gasteiger partial charge in [-0.25, -0.2) is 0 Å². The fourth-order valence-corrected chi connectivity index (χ4v) is 2.41. The molecular formula is C15H22ClN3O2. The molecule has 0 aromatic heterocycles. The SMILES string of the molecule is CC(=O)Nc1ccc(C(=O)N2CCNC(C)C2C)cc1.Cl. The Morgan fingerprint density at radius 3 is 2.43 bits per heavy atom. The topological polar surface area (TPSA) is 61.4 Å². The molecule has 1 aliphatic rings. The Morgan fingerprint density at radius 1 is 1.24 bits per heavy atom. The largest absolute Gasteiger partial charge is 0.333 e. The first-order valence-corrected chi connectivity index (χ1v) is 6.91. The number of halogens is 1. The van der Waals surface area contributed by atoms with E-state index in [1.807, 2.05) is 4.90 Å². The lowest BCUT2D eigenvalue weighted by Crippen LogP contribution is -2.57. The van der Waals surface area contributed by atoms with Gasteiger partial charge in [-0.15, -0.1) is 12.4 Å². The molecule has 0 bridgehead atoms. The van der Waals surface area contributed by atoms with Crippen molar-refractivity contribution in [1.82, 2.24) is 10.2 Å². The van der Waals surface area contributed by atoms with E-state index >= 15 is 0 Å². The maximum Gasteiger partial charge on any atom is 0.254 e.